The smallest absolute Gasteiger partial charge is 0.223 e. The fraction of sp³-hybridized carbons (Fsp3) is 0.292. The average molecular weight is 436 g/mol. The van der Waals surface area contributed by atoms with Crippen LogP contribution in [-0.4, -0.2) is 65.6 Å². The molecule has 0 N–H and O–H groups in total. The SMILES string of the molecule is C=C(c1ccccc1)N(C)C(=NC)N1CC(N2CCCC2=O)C(c2ccc(Cl)cc2)=N1. The van der Waals surface area contributed by atoms with Crippen LogP contribution in [0.25, 0.3) is 5.70 Å². The predicted molar refractivity (Wildman–Crippen MR) is 126 cm³/mol. The zero-order valence-corrected chi connectivity index (χ0v) is 18.6. The quantitative estimate of drug-likeness (QED) is 0.540. The van der Waals surface area contributed by atoms with Gasteiger partial charge in [0, 0.05) is 43.3 Å². The Morgan fingerprint density at radius 2 is 1.90 bits per heavy atom. The van der Waals surface area contributed by atoms with Gasteiger partial charge in [-0.25, -0.2) is 5.01 Å². The van der Waals surface area contributed by atoms with E-state index in [0.29, 0.717) is 23.9 Å². The van der Waals surface area contributed by atoms with Gasteiger partial charge in [-0.2, -0.15) is 5.10 Å². The van der Waals surface area contributed by atoms with E-state index in [-0.39, 0.29) is 11.9 Å². The Morgan fingerprint density at radius 3 is 2.52 bits per heavy atom. The molecule has 2 aromatic rings. The van der Waals surface area contributed by atoms with Crippen molar-refractivity contribution in [3.63, 3.8) is 0 Å². The lowest BCUT2D eigenvalue weighted by Crippen LogP contribution is -2.46. The van der Waals surface area contributed by atoms with Gasteiger partial charge in [0.05, 0.1) is 18.3 Å². The molecule has 6 nitrogen and oxygen atoms in total. The van der Waals surface area contributed by atoms with Crippen LogP contribution < -0.4 is 0 Å². The highest BCUT2D eigenvalue weighted by atomic mass is 35.5. The number of aliphatic imine (C=N–C) groups is 1. The zero-order chi connectivity index (χ0) is 22.0. The molecule has 0 aromatic heterocycles. The van der Waals surface area contributed by atoms with Gasteiger partial charge in [0.25, 0.3) is 0 Å². The highest BCUT2D eigenvalue weighted by Gasteiger charge is 2.39. The first-order valence-corrected chi connectivity index (χ1v) is 10.7. The summed E-state index contributed by atoms with van der Waals surface area (Å²) in [7, 11) is 3.68. The van der Waals surface area contributed by atoms with Gasteiger partial charge in [0.15, 0.2) is 0 Å². The van der Waals surface area contributed by atoms with Gasteiger partial charge in [-0.1, -0.05) is 60.6 Å². The first-order valence-electron chi connectivity index (χ1n) is 10.4. The molecule has 1 atom stereocenters. The highest BCUT2D eigenvalue weighted by molar-refractivity contribution is 6.30. The van der Waals surface area contributed by atoms with Crippen molar-refractivity contribution in [3.05, 3.63) is 77.3 Å². The first kappa shape index (κ1) is 21.1. The molecule has 0 spiro atoms. The fourth-order valence-electron chi connectivity index (χ4n) is 4.11. The third kappa shape index (κ3) is 4.21. The van der Waals surface area contributed by atoms with E-state index in [0.717, 1.165) is 35.5 Å². The summed E-state index contributed by atoms with van der Waals surface area (Å²) in [5, 5.41) is 7.45. The summed E-state index contributed by atoms with van der Waals surface area (Å²) in [6.45, 7) is 5.54. The number of carbonyl (C=O) groups is 1. The van der Waals surface area contributed by atoms with E-state index in [1.165, 1.54) is 0 Å². The Hall–Kier alpha value is -3.12. The summed E-state index contributed by atoms with van der Waals surface area (Å²) in [4.78, 5) is 20.9. The molecular formula is C24H26ClN5O. The van der Waals surface area contributed by atoms with Crippen molar-refractivity contribution in [1.29, 1.82) is 0 Å². The van der Waals surface area contributed by atoms with Crippen molar-refractivity contribution in [2.75, 3.05) is 27.2 Å². The summed E-state index contributed by atoms with van der Waals surface area (Å²) in [5.74, 6) is 0.847. The summed E-state index contributed by atoms with van der Waals surface area (Å²) in [6.07, 6.45) is 1.46. The molecular weight excluding hydrogens is 410 g/mol. The average Bonchev–Trinajstić information content (AvgIpc) is 3.41. The molecule has 0 aliphatic carbocycles. The normalized spacial score (nSPS) is 19.1. The summed E-state index contributed by atoms with van der Waals surface area (Å²) >= 11 is 6.09. The minimum absolute atomic E-state index is 0.133. The number of amides is 1. The van der Waals surface area contributed by atoms with Crippen molar-refractivity contribution in [1.82, 2.24) is 14.8 Å². The first-order chi connectivity index (χ1) is 15.0. The molecule has 7 heteroatoms. The number of likely N-dealkylation sites (tertiary alicyclic amines) is 1. The maximum Gasteiger partial charge on any atom is 0.223 e. The van der Waals surface area contributed by atoms with E-state index in [1.807, 2.05) is 76.5 Å². The van der Waals surface area contributed by atoms with Crippen LogP contribution >= 0.6 is 11.6 Å². The highest BCUT2D eigenvalue weighted by Crippen LogP contribution is 2.26. The second-order valence-corrected chi connectivity index (χ2v) is 8.11. The summed E-state index contributed by atoms with van der Waals surface area (Å²) in [5.41, 5.74) is 3.65. The monoisotopic (exact) mass is 435 g/mol. The number of benzene rings is 2. The van der Waals surface area contributed by atoms with Crippen LogP contribution in [0.2, 0.25) is 5.02 Å². The molecule has 0 radical (unpaired) electrons. The summed E-state index contributed by atoms with van der Waals surface area (Å²) in [6, 6.07) is 17.5. The number of hydrogen-bond acceptors (Lipinski definition) is 3. The van der Waals surface area contributed by atoms with Crippen molar-refractivity contribution in [2.24, 2.45) is 10.1 Å². The predicted octanol–water partition coefficient (Wildman–Crippen LogP) is 3.94. The molecule has 2 aromatic carbocycles. The maximum absolute atomic E-state index is 12.5. The van der Waals surface area contributed by atoms with Crippen LogP contribution in [0.15, 0.2) is 71.3 Å². The van der Waals surface area contributed by atoms with Crippen molar-refractivity contribution in [2.45, 2.75) is 18.9 Å². The number of halogens is 1. The number of carbonyl (C=O) groups excluding carboxylic acids is 1. The zero-order valence-electron chi connectivity index (χ0n) is 17.8. The summed E-state index contributed by atoms with van der Waals surface area (Å²) < 4.78 is 0. The molecule has 2 aliphatic rings. The Kier molecular flexibility index (Phi) is 6.09. The van der Waals surface area contributed by atoms with Crippen LogP contribution in [0.4, 0.5) is 0 Å². The van der Waals surface area contributed by atoms with Gasteiger partial charge in [-0.15, -0.1) is 0 Å². The van der Waals surface area contributed by atoms with Crippen molar-refractivity contribution < 1.29 is 4.79 Å². The maximum atomic E-state index is 12.5. The van der Waals surface area contributed by atoms with Crippen molar-refractivity contribution in [3.8, 4) is 0 Å². The number of rotatable bonds is 4. The van der Waals surface area contributed by atoms with E-state index < -0.39 is 0 Å². The Morgan fingerprint density at radius 1 is 1.19 bits per heavy atom. The number of hydrazone groups is 1. The Labute approximate surface area is 188 Å². The van der Waals surface area contributed by atoms with Crippen LogP contribution in [-0.2, 0) is 4.79 Å². The largest absolute Gasteiger partial charge is 0.332 e. The second kappa shape index (κ2) is 8.94. The lowest BCUT2D eigenvalue weighted by Gasteiger charge is -2.29. The molecule has 160 valence electrons. The third-order valence-corrected chi connectivity index (χ3v) is 6.01. The van der Waals surface area contributed by atoms with Gasteiger partial charge in [-0.05, 0) is 24.1 Å². The molecule has 1 saturated heterocycles. The Bertz CT molecular complexity index is 1030. The minimum atomic E-state index is -0.133. The molecule has 2 heterocycles. The second-order valence-electron chi connectivity index (χ2n) is 7.68. The van der Waals surface area contributed by atoms with E-state index in [9.17, 15) is 4.79 Å². The molecule has 1 amide bonds. The van der Waals surface area contributed by atoms with Crippen molar-refractivity contribution >= 4 is 34.9 Å². The standard InChI is InChI=1S/C24H26ClN5O/c1-17(18-8-5-4-6-9-18)28(3)24(26-2)30-16-21(29-15-7-10-22(29)31)23(27-30)19-11-13-20(25)14-12-19/h4-6,8-9,11-14,21H,1,7,10,15-16H2,2-3H3. The van der Waals surface area contributed by atoms with E-state index in [2.05, 4.69) is 11.6 Å². The molecule has 2 aliphatic heterocycles. The fourth-order valence-corrected chi connectivity index (χ4v) is 4.24. The van der Waals surface area contributed by atoms with Crippen LogP contribution in [0, 0.1) is 0 Å². The third-order valence-electron chi connectivity index (χ3n) is 5.76. The van der Waals surface area contributed by atoms with E-state index in [1.54, 1.807) is 7.05 Å². The number of nitrogens with zero attached hydrogens (tertiary/aromatic N) is 5. The topological polar surface area (TPSA) is 51.5 Å². The number of guanidine groups is 1. The molecule has 0 bridgehead atoms. The van der Waals surface area contributed by atoms with Gasteiger partial charge in [0.2, 0.25) is 11.9 Å². The molecule has 0 saturated carbocycles. The lowest BCUT2D eigenvalue weighted by atomic mass is 10.0. The van der Waals surface area contributed by atoms with E-state index in [4.69, 9.17) is 16.7 Å². The van der Waals surface area contributed by atoms with E-state index >= 15 is 0 Å². The molecule has 1 fully saturated rings. The number of hydrogen-bond donors (Lipinski definition) is 0. The van der Waals surface area contributed by atoms with Gasteiger partial charge >= 0.3 is 0 Å². The molecule has 31 heavy (non-hydrogen) atoms. The van der Waals surface area contributed by atoms with Crippen LogP contribution in [0.5, 0.6) is 0 Å². The Balaban J connectivity index is 1.66. The lowest BCUT2D eigenvalue weighted by molar-refractivity contribution is -0.128. The van der Waals surface area contributed by atoms with Crippen LogP contribution in [0.1, 0.15) is 24.0 Å². The molecule has 1 unspecified atom stereocenters. The minimum Gasteiger partial charge on any atom is -0.332 e. The molecule has 4 rings (SSSR count). The van der Waals surface area contributed by atoms with Gasteiger partial charge in [0.1, 0.15) is 0 Å². The van der Waals surface area contributed by atoms with Gasteiger partial charge in [-0.3, -0.25) is 9.79 Å². The van der Waals surface area contributed by atoms with Crippen LogP contribution in [0.3, 0.4) is 0 Å². The van der Waals surface area contributed by atoms with Gasteiger partial charge < -0.3 is 9.80 Å².